The number of carboxylic acid groups (broad SMARTS) is 1. The third-order valence-corrected chi connectivity index (χ3v) is 8.31. The van der Waals surface area contributed by atoms with Gasteiger partial charge in [-0.1, -0.05) is 12.1 Å². The molecule has 0 bridgehead atoms. The summed E-state index contributed by atoms with van der Waals surface area (Å²) in [6.45, 7) is 9.72. The van der Waals surface area contributed by atoms with Crippen LogP contribution in [-0.2, 0) is 14.9 Å². The van der Waals surface area contributed by atoms with Gasteiger partial charge in [0, 0.05) is 16.6 Å². The molecule has 4 rings (SSSR count). The summed E-state index contributed by atoms with van der Waals surface area (Å²) < 4.78 is 22.7. The largest absolute Gasteiger partial charge is 0.479 e. The van der Waals surface area contributed by atoms with Crippen LogP contribution in [0.1, 0.15) is 43.7 Å². The van der Waals surface area contributed by atoms with Gasteiger partial charge in [-0.25, -0.2) is 9.18 Å². The smallest absolute Gasteiger partial charge is 0.337 e. The standard InChI is InChI=1S/C25H36B7FN2O3/c1-11-10-15-17(13-6-8-14(33)9-7-13)16(20(21(36)37)38-22(3,4)5)12(2)18-19(15)34(11)23(26,27)24(28,29)35(18)25(30,31)32/h6-10,20H,26-32H2,1-5H3,(H,36,37)/t20-/m0/s1. The number of aromatic nitrogens is 1. The maximum absolute atomic E-state index is 14.0. The van der Waals surface area contributed by atoms with Gasteiger partial charge in [0.1, 0.15) is 60.7 Å². The van der Waals surface area contributed by atoms with E-state index in [1.807, 2.05) is 27.7 Å². The molecule has 1 aliphatic rings. The first kappa shape index (κ1) is 28.6. The summed E-state index contributed by atoms with van der Waals surface area (Å²) in [5, 5.41) is 10.6. The van der Waals surface area contributed by atoms with E-state index in [-0.39, 0.29) is 21.7 Å². The molecule has 1 aromatic heterocycles. The summed E-state index contributed by atoms with van der Waals surface area (Å²) in [5.74, 6) is -1.39. The van der Waals surface area contributed by atoms with Gasteiger partial charge in [0.2, 0.25) is 0 Å². The molecular formula is C25H36B7FN2O3. The third kappa shape index (κ3) is 4.25. The molecule has 0 unspecified atom stereocenters. The van der Waals surface area contributed by atoms with E-state index in [4.69, 9.17) is 4.74 Å². The molecule has 0 saturated heterocycles. The highest BCUT2D eigenvalue weighted by Crippen LogP contribution is 2.53. The molecule has 13 heteroatoms. The van der Waals surface area contributed by atoms with Crippen LogP contribution in [-0.4, -0.2) is 86.7 Å². The van der Waals surface area contributed by atoms with Crippen molar-refractivity contribution in [1.82, 2.24) is 4.57 Å². The van der Waals surface area contributed by atoms with Crippen molar-refractivity contribution in [1.29, 1.82) is 0 Å². The van der Waals surface area contributed by atoms with Gasteiger partial charge in [0.25, 0.3) is 0 Å². The number of hydrogen-bond acceptors (Lipinski definition) is 3. The average Bonchev–Trinajstić information content (AvgIpc) is 3.09. The summed E-state index contributed by atoms with van der Waals surface area (Å²) in [4.78, 5) is 15.4. The van der Waals surface area contributed by atoms with E-state index in [9.17, 15) is 14.3 Å². The lowest BCUT2D eigenvalue weighted by atomic mass is 9.33. The van der Waals surface area contributed by atoms with Gasteiger partial charge in [0.05, 0.1) is 16.8 Å². The maximum Gasteiger partial charge on any atom is 0.337 e. The van der Waals surface area contributed by atoms with Crippen LogP contribution in [0.5, 0.6) is 0 Å². The highest BCUT2D eigenvalue weighted by molar-refractivity contribution is 6.64. The van der Waals surface area contributed by atoms with Crippen LogP contribution < -0.4 is 4.90 Å². The van der Waals surface area contributed by atoms with Crippen LogP contribution in [0, 0.1) is 19.7 Å². The molecule has 0 fully saturated rings. The molecule has 3 aromatic rings. The number of hydrogen-bond donors (Lipinski definition) is 1. The van der Waals surface area contributed by atoms with Gasteiger partial charge in [0.15, 0.2) is 6.10 Å². The Bertz CT molecular complexity index is 1440. The summed E-state index contributed by atoms with van der Waals surface area (Å²) in [6, 6.07) is 8.48. The van der Waals surface area contributed by atoms with Gasteiger partial charge in [-0.2, -0.15) is 0 Å². The number of halogens is 1. The van der Waals surface area contributed by atoms with E-state index < -0.39 is 17.7 Å². The van der Waals surface area contributed by atoms with Crippen LogP contribution in [0.4, 0.5) is 10.1 Å². The predicted octanol–water partition coefficient (Wildman–Crippen LogP) is -1.87. The normalized spacial score (nSPS) is 17.5. The van der Waals surface area contributed by atoms with Gasteiger partial charge < -0.3 is 19.3 Å². The van der Waals surface area contributed by atoms with Crippen molar-refractivity contribution in [3.8, 4) is 11.1 Å². The van der Waals surface area contributed by atoms with Crippen molar-refractivity contribution >= 4 is 77.5 Å². The molecule has 0 aliphatic carbocycles. The molecule has 0 radical (unpaired) electrons. The Morgan fingerprint density at radius 1 is 1.03 bits per heavy atom. The maximum atomic E-state index is 14.0. The molecule has 0 amide bonds. The van der Waals surface area contributed by atoms with Crippen molar-refractivity contribution in [2.45, 2.75) is 62.2 Å². The zero-order chi connectivity index (χ0) is 28.7. The number of carbonyl (C=O) groups is 1. The Morgan fingerprint density at radius 2 is 1.58 bits per heavy atom. The van der Waals surface area contributed by atoms with Crippen molar-refractivity contribution in [3.05, 3.63) is 53.0 Å². The van der Waals surface area contributed by atoms with Crippen LogP contribution in [0.2, 0.25) is 0 Å². The van der Waals surface area contributed by atoms with Crippen molar-refractivity contribution in [2.24, 2.45) is 0 Å². The van der Waals surface area contributed by atoms with E-state index >= 15 is 0 Å². The molecule has 0 spiro atoms. The van der Waals surface area contributed by atoms with Gasteiger partial charge in [-0.05, 0) is 85.4 Å². The van der Waals surface area contributed by atoms with E-state index in [2.05, 4.69) is 77.4 Å². The first-order chi connectivity index (χ1) is 17.2. The van der Waals surface area contributed by atoms with Gasteiger partial charge >= 0.3 is 5.97 Å². The van der Waals surface area contributed by atoms with Crippen molar-refractivity contribution in [2.75, 3.05) is 4.90 Å². The molecule has 5 nitrogen and oxygen atoms in total. The predicted molar refractivity (Wildman–Crippen MR) is 174 cm³/mol. The number of carboxylic acids is 1. The quantitative estimate of drug-likeness (QED) is 0.412. The number of anilines is 1. The lowest BCUT2D eigenvalue weighted by molar-refractivity contribution is -0.160. The molecule has 192 valence electrons. The lowest BCUT2D eigenvalue weighted by Crippen LogP contribution is -2.75. The average molecular weight is 507 g/mol. The van der Waals surface area contributed by atoms with Gasteiger partial charge in [-0.3, -0.25) is 0 Å². The number of nitrogens with zero attached hydrogens (tertiary/aromatic N) is 2. The summed E-state index contributed by atoms with van der Waals surface area (Å²) in [7, 11) is 15.7. The summed E-state index contributed by atoms with van der Waals surface area (Å²) >= 11 is 0. The topological polar surface area (TPSA) is 54.7 Å². The summed E-state index contributed by atoms with van der Waals surface area (Å²) in [6.07, 6.45) is -1.21. The molecule has 2 aromatic carbocycles. The fraction of sp³-hybridized carbons (Fsp3) is 0.400. The highest BCUT2D eigenvalue weighted by atomic mass is 19.1. The fourth-order valence-corrected chi connectivity index (χ4v) is 6.54. The molecule has 2 heterocycles. The minimum atomic E-state index is -1.21. The number of ether oxygens (including phenoxy) is 1. The Kier molecular flexibility index (Phi) is 6.63. The third-order valence-electron chi connectivity index (χ3n) is 8.31. The second-order valence-corrected chi connectivity index (χ2v) is 13.7. The molecule has 38 heavy (non-hydrogen) atoms. The number of rotatable bonds is 5. The Balaban J connectivity index is 2.30. The molecule has 1 aliphatic heterocycles. The second-order valence-electron chi connectivity index (χ2n) is 13.7. The zero-order valence-corrected chi connectivity index (χ0v) is 25.0. The fourth-order valence-electron chi connectivity index (χ4n) is 6.54. The number of benzene rings is 2. The SMILES string of the molecule is BC(B)(B)N1c2c(C)c([C@H](OC(C)(C)C)C(=O)O)c(-c3ccc(F)cc3)c3cc(C)n(c23)C(B)(B)C1(B)B. The molecule has 0 saturated carbocycles. The van der Waals surface area contributed by atoms with E-state index in [1.165, 1.54) is 12.1 Å². The zero-order valence-electron chi connectivity index (χ0n) is 25.0. The first-order valence-corrected chi connectivity index (χ1v) is 13.4. The van der Waals surface area contributed by atoms with Crippen LogP contribution in [0.15, 0.2) is 30.3 Å². The van der Waals surface area contributed by atoms with Crippen LogP contribution in [0.25, 0.3) is 22.0 Å². The number of aryl methyl sites for hydroxylation is 1. The first-order valence-electron chi connectivity index (χ1n) is 13.4. The minimum absolute atomic E-state index is 0.264. The number of aliphatic carboxylic acids is 1. The highest BCUT2D eigenvalue weighted by Gasteiger charge is 2.52. The second kappa shape index (κ2) is 8.80. The van der Waals surface area contributed by atoms with Crippen LogP contribution in [0.3, 0.4) is 0 Å². The molecule has 1 N–H and O–H groups in total. The van der Waals surface area contributed by atoms with Crippen molar-refractivity contribution < 1.29 is 19.0 Å². The monoisotopic (exact) mass is 508 g/mol. The lowest BCUT2D eigenvalue weighted by Gasteiger charge is -2.62. The Morgan fingerprint density at radius 3 is 2.05 bits per heavy atom. The van der Waals surface area contributed by atoms with E-state index in [0.29, 0.717) is 5.56 Å². The Hall–Kier alpha value is -2.41. The molecular weight excluding hydrogens is 471 g/mol. The molecule has 1 atom stereocenters. The van der Waals surface area contributed by atoms with E-state index in [1.54, 1.807) is 12.1 Å². The van der Waals surface area contributed by atoms with Gasteiger partial charge in [-0.15, -0.1) is 0 Å². The Labute approximate surface area is 232 Å². The van der Waals surface area contributed by atoms with E-state index in [0.717, 1.165) is 39.0 Å². The van der Waals surface area contributed by atoms with Crippen LogP contribution >= 0.6 is 0 Å². The minimum Gasteiger partial charge on any atom is -0.479 e. The van der Waals surface area contributed by atoms with Crippen molar-refractivity contribution in [3.63, 3.8) is 0 Å². The summed E-state index contributed by atoms with van der Waals surface area (Å²) in [5.41, 5.74) is 5.52.